The van der Waals surface area contributed by atoms with Crippen LogP contribution < -0.4 is 0 Å². The molecule has 3 fully saturated rings. The summed E-state index contributed by atoms with van der Waals surface area (Å²) in [6.45, 7) is 3.89. The van der Waals surface area contributed by atoms with Crippen LogP contribution in [0.4, 0.5) is 0 Å². The Bertz CT molecular complexity index is 659. The highest BCUT2D eigenvalue weighted by molar-refractivity contribution is 5.66. The van der Waals surface area contributed by atoms with Crippen LogP contribution in [-0.2, 0) is 9.53 Å². The number of rotatable bonds is 2. The maximum Gasteiger partial charge on any atom is 0.302 e. The molecule has 142 valence electrons. The van der Waals surface area contributed by atoms with Gasteiger partial charge in [-0.15, -0.1) is 12.3 Å². The second kappa shape index (κ2) is 6.41. The van der Waals surface area contributed by atoms with Gasteiger partial charge in [0.25, 0.3) is 0 Å². The predicted octanol–water partition coefficient (Wildman–Crippen LogP) is 4.25. The van der Waals surface area contributed by atoms with Crippen molar-refractivity contribution < 1.29 is 14.6 Å². The Kier molecular flexibility index (Phi) is 4.47. The number of ether oxygens (including phenoxy) is 1. The molecule has 2 unspecified atom stereocenters. The summed E-state index contributed by atoms with van der Waals surface area (Å²) in [4.78, 5) is 11.6. The van der Waals surface area contributed by atoms with Gasteiger partial charge < -0.3 is 9.84 Å². The number of carbonyl (C=O) groups excluding carboxylic acids is 1. The fourth-order valence-corrected chi connectivity index (χ4v) is 7.30. The van der Waals surface area contributed by atoms with Gasteiger partial charge in [-0.2, -0.15) is 0 Å². The van der Waals surface area contributed by atoms with Crippen molar-refractivity contribution >= 4 is 5.97 Å². The molecule has 26 heavy (non-hydrogen) atoms. The molecule has 7 atom stereocenters. The lowest BCUT2D eigenvalue weighted by Crippen LogP contribution is -2.52. The van der Waals surface area contributed by atoms with E-state index in [0.29, 0.717) is 17.8 Å². The smallest absolute Gasteiger partial charge is 0.302 e. The Morgan fingerprint density at radius 1 is 1.31 bits per heavy atom. The molecule has 4 rings (SSSR count). The van der Waals surface area contributed by atoms with E-state index in [1.807, 2.05) is 0 Å². The SMILES string of the molecule is C#CC[C@]12CCC(O)CC1=CC[C@@H]1[C@@H]2CC[C@]2(C)C(OC(C)=O)CC[C@@H]12. The van der Waals surface area contributed by atoms with E-state index < -0.39 is 0 Å². The quantitative estimate of drug-likeness (QED) is 0.457. The molecule has 4 aliphatic carbocycles. The monoisotopic (exact) mass is 356 g/mol. The third kappa shape index (κ3) is 2.56. The lowest BCUT2D eigenvalue weighted by molar-refractivity contribution is -0.157. The summed E-state index contributed by atoms with van der Waals surface area (Å²) in [6, 6.07) is 0. The number of hydrogen-bond donors (Lipinski definition) is 1. The first-order chi connectivity index (χ1) is 12.4. The predicted molar refractivity (Wildman–Crippen MR) is 101 cm³/mol. The summed E-state index contributed by atoms with van der Waals surface area (Å²) in [7, 11) is 0. The lowest BCUT2D eigenvalue weighted by Gasteiger charge is -2.58. The van der Waals surface area contributed by atoms with Crippen molar-refractivity contribution in [2.75, 3.05) is 0 Å². The fourth-order valence-electron chi connectivity index (χ4n) is 7.30. The van der Waals surface area contributed by atoms with Crippen LogP contribution in [0.3, 0.4) is 0 Å². The van der Waals surface area contributed by atoms with Gasteiger partial charge in [-0.25, -0.2) is 0 Å². The first-order valence-electron chi connectivity index (χ1n) is 10.4. The summed E-state index contributed by atoms with van der Waals surface area (Å²) in [5.41, 5.74) is 1.66. The number of fused-ring (bicyclic) bond motifs is 5. The van der Waals surface area contributed by atoms with E-state index in [2.05, 4.69) is 18.9 Å². The van der Waals surface area contributed by atoms with Gasteiger partial charge in [-0.1, -0.05) is 18.6 Å². The van der Waals surface area contributed by atoms with Crippen molar-refractivity contribution in [2.24, 2.45) is 28.6 Å². The van der Waals surface area contributed by atoms with Crippen LogP contribution in [0, 0.1) is 40.9 Å². The second-order valence-electron chi connectivity index (χ2n) is 9.50. The molecule has 4 aliphatic rings. The number of aliphatic hydroxyl groups excluding tert-OH is 1. The van der Waals surface area contributed by atoms with Crippen LogP contribution in [0.15, 0.2) is 11.6 Å². The highest BCUT2D eigenvalue weighted by Gasteiger charge is 2.60. The number of hydrogen-bond acceptors (Lipinski definition) is 3. The van der Waals surface area contributed by atoms with Gasteiger partial charge in [0.1, 0.15) is 6.10 Å². The molecule has 3 saturated carbocycles. The van der Waals surface area contributed by atoms with Gasteiger partial charge in [0.05, 0.1) is 6.10 Å². The zero-order valence-corrected chi connectivity index (χ0v) is 16.2. The van der Waals surface area contributed by atoms with Crippen LogP contribution in [0.25, 0.3) is 0 Å². The summed E-state index contributed by atoms with van der Waals surface area (Å²) < 4.78 is 5.74. The zero-order valence-electron chi connectivity index (χ0n) is 16.2. The molecule has 0 spiro atoms. The van der Waals surface area contributed by atoms with Crippen molar-refractivity contribution in [3.05, 3.63) is 11.6 Å². The molecule has 0 aromatic heterocycles. The Morgan fingerprint density at radius 2 is 2.12 bits per heavy atom. The molecule has 3 heteroatoms. The van der Waals surface area contributed by atoms with E-state index in [4.69, 9.17) is 11.2 Å². The van der Waals surface area contributed by atoms with Crippen LogP contribution >= 0.6 is 0 Å². The van der Waals surface area contributed by atoms with E-state index in [1.54, 1.807) is 0 Å². The molecule has 0 aromatic rings. The van der Waals surface area contributed by atoms with Crippen molar-refractivity contribution in [1.82, 2.24) is 0 Å². The highest BCUT2D eigenvalue weighted by atomic mass is 16.5. The Morgan fingerprint density at radius 3 is 2.85 bits per heavy atom. The van der Waals surface area contributed by atoms with Gasteiger partial charge in [0.15, 0.2) is 0 Å². The topological polar surface area (TPSA) is 46.5 Å². The molecule has 0 heterocycles. The molecule has 0 radical (unpaired) electrons. The molecular formula is C23H32O3. The Balaban J connectivity index is 1.66. The largest absolute Gasteiger partial charge is 0.462 e. The molecule has 0 aromatic carbocycles. The number of carbonyl (C=O) groups is 1. The van der Waals surface area contributed by atoms with Gasteiger partial charge in [-0.05, 0) is 69.1 Å². The number of terminal acetylenes is 1. The third-order valence-electron chi connectivity index (χ3n) is 8.44. The van der Waals surface area contributed by atoms with Crippen LogP contribution in [0.1, 0.15) is 71.6 Å². The molecule has 3 nitrogen and oxygen atoms in total. The highest BCUT2D eigenvalue weighted by Crippen LogP contribution is 2.66. The van der Waals surface area contributed by atoms with Gasteiger partial charge in [0, 0.05) is 24.2 Å². The summed E-state index contributed by atoms with van der Waals surface area (Å²) in [5, 5.41) is 10.2. The molecule has 1 N–H and O–H groups in total. The maximum atomic E-state index is 11.6. The minimum absolute atomic E-state index is 0.0769. The Hall–Kier alpha value is -1.27. The normalized spacial score (nSPS) is 47.0. The number of aliphatic hydroxyl groups is 1. The van der Waals surface area contributed by atoms with Gasteiger partial charge in [0.2, 0.25) is 0 Å². The lowest BCUT2D eigenvalue weighted by atomic mass is 9.46. The maximum absolute atomic E-state index is 11.6. The summed E-state index contributed by atoms with van der Waals surface area (Å²) in [6.07, 6.45) is 17.2. The van der Waals surface area contributed by atoms with Crippen LogP contribution in [-0.4, -0.2) is 23.3 Å². The van der Waals surface area contributed by atoms with Crippen molar-refractivity contribution in [1.29, 1.82) is 0 Å². The second-order valence-corrected chi connectivity index (χ2v) is 9.50. The van der Waals surface area contributed by atoms with E-state index in [0.717, 1.165) is 51.4 Å². The molecule has 0 saturated heterocycles. The molecular weight excluding hydrogens is 324 g/mol. The Labute approximate surface area is 157 Å². The first-order valence-corrected chi connectivity index (χ1v) is 10.4. The first kappa shape index (κ1) is 18.1. The average Bonchev–Trinajstić information content (AvgIpc) is 2.91. The van der Waals surface area contributed by atoms with E-state index in [1.165, 1.54) is 18.9 Å². The van der Waals surface area contributed by atoms with E-state index in [-0.39, 0.29) is 29.0 Å². The van der Waals surface area contributed by atoms with Crippen LogP contribution in [0.5, 0.6) is 0 Å². The number of allylic oxidation sites excluding steroid dienone is 1. The molecule has 0 amide bonds. The summed E-state index contributed by atoms with van der Waals surface area (Å²) in [5.74, 6) is 4.73. The minimum Gasteiger partial charge on any atom is -0.462 e. The van der Waals surface area contributed by atoms with E-state index in [9.17, 15) is 9.90 Å². The van der Waals surface area contributed by atoms with Crippen molar-refractivity contribution in [3.8, 4) is 12.3 Å². The van der Waals surface area contributed by atoms with E-state index >= 15 is 0 Å². The summed E-state index contributed by atoms with van der Waals surface area (Å²) >= 11 is 0. The van der Waals surface area contributed by atoms with Gasteiger partial charge >= 0.3 is 5.97 Å². The van der Waals surface area contributed by atoms with Crippen molar-refractivity contribution in [3.63, 3.8) is 0 Å². The fraction of sp³-hybridized carbons (Fsp3) is 0.783. The van der Waals surface area contributed by atoms with Crippen molar-refractivity contribution in [2.45, 2.75) is 83.8 Å². The standard InChI is InChI=1S/C23H32O3/c1-4-11-23-13-9-17(25)14-16(23)5-6-18-19-7-8-21(26-15(2)24)22(19,3)12-10-20(18)23/h1,5,17-21,25H,6-14H2,2-3H3/t17?,18-,19-,20-,21?,22-,23-/m0/s1. The number of esters is 1. The van der Waals surface area contributed by atoms with Gasteiger partial charge in [-0.3, -0.25) is 4.79 Å². The van der Waals surface area contributed by atoms with Crippen LogP contribution in [0.2, 0.25) is 0 Å². The zero-order chi connectivity index (χ0) is 18.5. The molecule has 0 bridgehead atoms. The molecule has 0 aliphatic heterocycles. The average molecular weight is 357 g/mol. The third-order valence-corrected chi connectivity index (χ3v) is 8.44. The minimum atomic E-state index is -0.197.